The second-order valence-corrected chi connectivity index (χ2v) is 10.7. The molecule has 0 saturated heterocycles. The van der Waals surface area contributed by atoms with Crippen molar-refractivity contribution >= 4 is 34.1 Å². The number of aryl methyl sites for hydroxylation is 4. The SMILES string of the molecule is Cc1ccc(N(c2cccc(C)c2)c2cc3cccc-3cc(N(c3ccc(C)cc3)c3cccc(C)c3)c2)cc1. The van der Waals surface area contributed by atoms with E-state index in [0.29, 0.717) is 0 Å². The van der Waals surface area contributed by atoms with Crippen LogP contribution >= 0.6 is 0 Å². The van der Waals surface area contributed by atoms with Gasteiger partial charge in [-0.3, -0.25) is 0 Å². The molecule has 2 aliphatic carbocycles. The molecular formula is C38H34N2. The fourth-order valence-corrected chi connectivity index (χ4v) is 5.34. The number of hydrogen-bond acceptors (Lipinski definition) is 2. The highest BCUT2D eigenvalue weighted by Gasteiger charge is 2.19. The van der Waals surface area contributed by atoms with E-state index in [1.54, 1.807) is 0 Å². The van der Waals surface area contributed by atoms with E-state index in [4.69, 9.17) is 0 Å². The number of fused-ring (bicyclic) bond motifs is 1. The first-order valence-corrected chi connectivity index (χ1v) is 13.9. The average Bonchev–Trinajstić information content (AvgIpc) is 3.30. The highest BCUT2D eigenvalue weighted by atomic mass is 15.2. The monoisotopic (exact) mass is 518 g/mol. The molecule has 6 rings (SSSR count). The molecule has 0 spiro atoms. The van der Waals surface area contributed by atoms with Gasteiger partial charge in [0, 0.05) is 34.1 Å². The first kappa shape index (κ1) is 25.5. The lowest BCUT2D eigenvalue weighted by Crippen LogP contribution is -2.12. The van der Waals surface area contributed by atoms with Crippen molar-refractivity contribution in [3.8, 4) is 11.1 Å². The summed E-state index contributed by atoms with van der Waals surface area (Å²) < 4.78 is 0. The molecule has 2 aliphatic rings. The van der Waals surface area contributed by atoms with Crippen LogP contribution in [0.2, 0.25) is 0 Å². The van der Waals surface area contributed by atoms with Crippen molar-refractivity contribution in [1.29, 1.82) is 0 Å². The van der Waals surface area contributed by atoms with Crippen LogP contribution in [0, 0.1) is 27.7 Å². The van der Waals surface area contributed by atoms with Gasteiger partial charge in [-0.2, -0.15) is 0 Å². The van der Waals surface area contributed by atoms with Gasteiger partial charge in [0.15, 0.2) is 0 Å². The Bertz CT molecular complexity index is 1600. The fraction of sp³-hybridized carbons (Fsp3) is 0.105. The molecule has 0 fully saturated rings. The van der Waals surface area contributed by atoms with Gasteiger partial charge in [-0.05, 0) is 117 Å². The maximum atomic E-state index is 2.37. The molecule has 0 aliphatic heterocycles. The molecule has 2 nitrogen and oxygen atoms in total. The summed E-state index contributed by atoms with van der Waals surface area (Å²) in [6, 6.07) is 48.6. The van der Waals surface area contributed by atoms with Gasteiger partial charge < -0.3 is 9.80 Å². The zero-order valence-corrected chi connectivity index (χ0v) is 23.6. The molecule has 0 radical (unpaired) electrons. The molecule has 196 valence electrons. The van der Waals surface area contributed by atoms with E-state index < -0.39 is 0 Å². The van der Waals surface area contributed by atoms with E-state index in [-0.39, 0.29) is 0 Å². The average molecular weight is 519 g/mol. The Morgan fingerprint density at radius 2 is 0.700 bits per heavy atom. The lowest BCUT2D eigenvalue weighted by Gasteiger charge is -2.28. The third kappa shape index (κ3) is 5.21. The van der Waals surface area contributed by atoms with Gasteiger partial charge in [0.2, 0.25) is 0 Å². The summed E-state index contributed by atoms with van der Waals surface area (Å²) in [5.74, 6) is 0. The van der Waals surface area contributed by atoms with Crippen molar-refractivity contribution in [3.63, 3.8) is 0 Å². The van der Waals surface area contributed by atoms with Crippen molar-refractivity contribution in [3.05, 3.63) is 156 Å². The summed E-state index contributed by atoms with van der Waals surface area (Å²) >= 11 is 0. The van der Waals surface area contributed by atoms with Crippen LogP contribution in [0.25, 0.3) is 11.1 Å². The third-order valence-corrected chi connectivity index (χ3v) is 7.41. The molecule has 40 heavy (non-hydrogen) atoms. The topological polar surface area (TPSA) is 6.48 Å². The zero-order valence-electron chi connectivity index (χ0n) is 23.6. The lowest BCUT2D eigenvalue weighted by molar-refractivity contribution is 1.25. The third-order valence-electron chi connectivity index (χ3n) is 7.41. The fourth-order valence-electron chi connectivity index (χ4n) is 5.34. The molecule has 0 amide bonds. The minimum Gasteiger partial charge on any atom is -0.310 e. The van der Waals surface area contributed by atoms with Crippen molar-refractivity contribution < 1.29 is 0 Å². The molecule has 0 aromatic heterocycles. The van der Waals surface area contributed by atoms with E-state index >= 15 is 0 Å². The van der Waals surface area contributed by atoms with E-state index in [0.717, 1.165) is 34.1 Å². The molecule has 4 aromatic rings. The van der Waals surface area contributed by atoms with Crippen LogP contribution in [-0.2, 0) is 0 Å². The first-order valence-electron chi connectivity index (χ1n) is 13.9. The molecule has 0 N–H and O–H groups in total. The highest BCUT2D eigenvalue weighted by Crippen LogP contribution is 2.43. The number of anilines is 6. The van der Waals surface area contributed by atoms with E-state index in [1.165, 1.54) is 33.4 Å². The van der Waals surface area contributed by atoms with Crippen LogP contribution in [-0.4, -0.2) is 0 Å². The Labute approximate surface area is 238 Å². The van der Waals surface area contributed by atoms with Gasteiger partial charge in [0.25, 0.3) is 0 Å². The van der Waals surface area contributed by atoms with Crippen LogP contribution in [0.1, 0.15) is 22.3 Å². The summed E-state index contributed by atoms with van der Waals surface area (Å²) in [4.78, 5) is 4.73. The van der Waals surface area contributed by atoms with Gasteiger partial charge >= 0.3 is 0 Å². The lowest BCUT2D eigenvalue weighted by atomic mass is 10.1. The molecule has 2 heteroatoms. The molecule has 0 unspecified atom stereocenters. The summed E-state index contributed by atoms with van der Waals surface area (Å²) in [6.07, 6.45) is 0. The van der Waals surface area contributed by atoms with Gasteiger partial charge in [-0.25, -0.2) is 0 Å². The largest absolute Gasteiger partial charge is 0.310 e. The van der Waals surface area contributed by atoms with Gasteiger partial charge in [0.1, 0.15) is 0 Å². The summed E-state index contributed by atoms with van der Waals surface area (Å²) in [5.41, 5.74) is 14.1. The van der Waals surface area contributed by atoms with Crippen LogP contribution in [0.3, 0.4) is 0 Å². The quantitative estimate of drug-likeness (QED) is 0.216. The molecule has 4 aromatic carbocycles. The van der Waals surface area contributed by atoms with E-state index in [9.17, 15) is 0 Å². The molecule has 0 saturated carbocycles. The summed E-state index contributed by atoms with van der Waals surface area (Å²) in [7, 11) is 0. The zero-order chi connectivity index (χ0) is 27.6. The Morgan fingerprint density at radius 1 is 0.300 bits per heavy atom. The summed E-state index contributed by atoms with van der Waals surface area (Å²) in [5, 5.41) is 0. The van der Waals surface area contributed by atoms with Crippen LogP contribution < -0.4 is 9.80 Å². The Hall–Kier alpha value is -4.82. The number of nitrogens with zero attached hydrogens (tertiary/aromatic N) is 2. The van der Waals surface area contributed by atoms with Gasteiger partial charge in [0.05, 0.1) is 0 Å². The number of hydrogen-bond donors (Lipinski definition) is 0. The van der Waals surface area contributed by atoms with E-state index in [2.05, 4.69) is 171 Å². The van der Waals surface area contributed by atoms with Crippen molar-refractivity contribution in [2.24, 2.45) is 0 Å². The number of rotatable bonds is 6. The first-order chi connectivity index (χ1) is 19.4. The number of benzene rings is 4. The molecular weight excluding hydrogens is 484 g/mol. The van der Waals surface area contributed by atoms with Gasteiger partial charge in [-0.15, -0.1) is 0 Å². The normalized spacial score (nSPS) is 11.0. The second kappa shape index (κ2) is 10.7. The second-order valence-electron chi connectivity index (χ2n) is 10.7. The Kier molecular flexibility index (Phi) is 6.84. The minimum atomic E-state index is 1.11. The van der Waals surface area contributed by atoms with Crippen molar-refractivity contribution in [2.75, 3.05) is 9.80 Å². The molecule has 0 bridgehead atoms. The predicted molar refractivity (Wildman–Crippen MR) is 171 cm³/mol. The molecule has 0 atom stereocenters. The molecule has 0 heterocycles. The van der Waals surface area contributed by atoms with Gasteiger partial charge in [-0.1, -0.05) is 77.9 Å². The summed E-state index contributed by atoms with van der Waals surface area (Å²) in [6.45, 7) is 8.57. The smallest absolute Gasteiger partial charge is 0.0488 e. The van der Waals surface area contributed by atoms with Crippen LogP contribution in [0.5, 0.6) is 0 Å². The predicted octanol–water partition coefficient (Wildman–Crippen LogP) is 11.0. The Balaban J connectivity index is 1.63. The van der Waals surface area contributed by atoms with Crippen molar-refractivity contribution in [2.45, 2.75) is 27.7 Å². The van der Waals surface area contributed by atoms with Crippen molar-refractivity contribution in [1.82, 2.24) is 0 Å². The van der Waals surface area contributed by atoms with Crippen LogP contribution in [0.4, 0.5) is 34.1 Å². The van der Waals surface area contributed by atoms with Crippen LogP contribution in [0.15, 0.2) is 133 Å². The Morgan fingerprint density at radius 3 is 1.10 bits per heavy atom. The van der Waals surface area contributed by atoms with E-state index in [1.807, 2.05) is 0 Å². The standard InChI is InChI=1S/C38H34N2/c1-27-14-18-33(19-15-27)39(35-12-5-8-29(3)22-35)37-24-31-10-7-11-32(31)25-38(26-37)40(34-20-16-28(2)17-21-34)36-13-6-9-30(4)23-36/h5-26H,1-4H3. The maximum absolute atomic E-state index is 2.37. The minimum absolute atomic E-state index is 1.11. The highest BCUT2D eigenvalue weighted by molar-refractivity contribution is 5.87. The maximum Gasteiger partial charge on any atom is 0.0488 e.